The summed E-state index contributed by atoms with van der Waals surface area (Å²) in [4.78, 5) is 0. The van der Waals surface area contributed by atoms with Crippen molar-refractivity contribution < 1.29 is 0 Å². The fraction of sp³-hybridized carbons (Fsp3) is 0.714. The molecule has 1 nitrogen and oxygen atoms in total. The number of hydrogen-bond acceptors (Lipinski definition) is 2. The third-order valence-corrected chi connectivity index (χ3v) is 1.43. The van der Waals surface area contributed by atoms with Crippen LogP contribution in [0.4, 0.5) is 0 Å². The van der Waals surface area contributed by atoms with Crippen LogP contribution in [0.25, 0.3) is 0 Å². The van der Waals surface area contributed by atoms with Gasteiger partial charge in [0.05, 0.1) is 0 Å². The predicted molar refractivity (Wildman–Crippen MR) is 44.5 cm³/mol. The average Bonchev–Trinajstić information content (AvgIpc) is 1.85. The van der Waals surface area contributed by atoms with Crippen LogP contribution in [0.3, 0.4) is 0 Å². The Labute approximate surface area is 62.4 Å². The highest BCUT2D eigenvalue weighted by atomic mass is 32.1. The minimum atomic E-state index is 0.183. The molecule has 0 rings (SSSR count). The molecule has 0 saturated heterocycles. The van der Waals surface area contributed by atoms with Gasteiger partial charge >= 0.3 is 0 Å². The number of nitrogens with two attached hydrogens (primary N) is 1. The summed E-state index contributed by atoms with van der Waals surface area (Å²) >= 11 is 4.06. The zero-order chi connectivity index (χ0) is 7.11. The van der Waals surface area contributed by atoms with Gasteiger partial charge in [-0.1, -0.05) is 0 Å². The van der Waals surface area contributed by atoms with E-state index in [4.69, 9.17) is 12.2 Å². The number of terminal acetylenes is 1. The van der Waals surface area contributed by atoms with E-state index in [2.05, 4.69) is 18.5 Å². The van der Waals surface area contributed by atoms with Crippen LogP contribution in [-0.4, -0.2) is 11.8 Å². The van der Waals surface area contributed by atoms with Gasteiger partial charge in [-0.15, -0.1) is 12.3 Å². The Bertz CT molecular complexity index is 95.6. The van der Waals surface area contributed by atoms with E-state index in [0.717, 1.165) is 18.6 Å². The van der Waals surface area contributed by atoms with E-state index in [1.807, 2.05) is 0 Å². The molecule has 0 fully saturated rings. The molecule has 0 aliphatic heterocycles. The second kappa shape index (κ2) is 6.00. The van der Waals surface area contributed by atoms with Gasteiger partial charge in [-0.3, -0.25) is 0 Å². The van der Waals surface area contributed by atoms with Crippen LogP contribution in [0.2, 0.25) is 0 Å². The normalized spacial score (nSPS) is 12.6. The van der Waals surface area contributed by atoms with E-state index >= 15 is 0 Å². The molecular formula is C7H13NS. The van der Waals surface area contributed by atoms with E-state index in [-0.39, 0.29) is 6.04 Å². The van der Waals surface area contributed by atoms with E-state index in [1.165, 1.54) is 0 Å². The predicted octanol–water partition coefficient (Wildman–Crippen LogP) is 1.05. The second-order valence-electron chi connectivity index (χ2n) is 2.03. The summed E-state index contributed by atoms with van der Waals surface area (Å²) in [6.07, 6.45) is 7.80. The van der Waals surface area contributed by atoms with Gasteiger partial charge in [0.2, 0.25) is 0 Å². The zero-order valence-corrected chi connectivity index (χ0v) is 6.40. The van der Waals surface area contributed by atoms with Crippen molar-refractivity contribution in [1.82, 2.24) is 0 Å². The van der Waals surface area contributed by atoms with Gasteiger partial charge in [0.1, 0.15) is 0 Å². The van der Waals surface area contributed by atoms with Crippen LogP contribution in [0.15, 0.2) is 0 Å². The highest BCUT2D eigenvalue weighted by molar-refractivity contribution is 7.80. The first kappa shape index (κ1) is 8.87. The summed E-state index contributed by atoms with van der Waals surface area (Å²) in [5.41, 5.74) is 5.59. The van der Waals surface area contributed by atoms with Gasteiger partial charge in [0, 0.05) is 12.5 Å². The van der Waals surface area contributed by atoms with Crippen LogP contribution in [0, 0.1) is 12.3 Å². The molecule has 0 amide bonds. The Kier molecular flexibility index (Phi) is 5.91. The van der Waals surface area contributed by atoms with E-state index in [1.54, 1.807) is 0 Å². The first-order chi connectivity index (χ1) is 4.31. The lowest BCUT2D eigenvalue weighted by Crippen LogP contribution is -2.18. The van der Waals surface area contributed by atoms with Crippen molar-refractivity contribution in [3.63, 3.8) is 0 Å². The van der Waals surface area contributed by atoms with E-state index < -0.39 is 0 Å². The molecule has 0 heterocycles. The van der Waals surface area contributed by atoms with Crippen molar-refractivity contribution >= 4 is 12.6 Å². The summed E-state index contributed by atoms with van der Waals surface area (Å²) in [5.74, 6) is 3.43. The van der Waals surface area contributed by atoms with Crippen molar-refractivity contribution in [3.8, 4) is 12.3 Å². The maximum absolute atomic E-state index is 5.59. The second-order valence-corrected chi connectivity index (χ2v) is 2.48. The van der Waals surface area contributed by atoms with Gasteiger partial charge in [-0.05, 0) is 18.6 Å². The SMILES string of the molecule is C#CC[C@H](N)CCCS. The molecule has 2 heteroatoms. The van der Waals surface area contributed by atoms with Crippen molar-refractivity contribution in [2.24, 2.45) is 5.73 Å². The van der Waals surface area contributed by atoms with Gasteiger partial charge in [-0.25, -0.2) is 0 Å². The maximum atomic E-state index is 5.59. The summed E-state index contributed by atoms with van der Waals surface area (Å²) in [6.45, 7) is 0. The molecule has 0 radical (unpaired) electrons. The fourth-order valence-corrected chi connectivity index (χ4v) is 0.789. The Balaban J connectivity index is 3.08. The quantitative estimate of drug-likeness (QED) is 0.446. The third kappa shape index (κ3) is 5.75. The highest BCUT2D eigenvalue weighted by Gasteiger charge is 1.96. The smallest absolute Gasteiger partial charge is 0.0238 e. The molecule has 0 aliphatic rings. The van der Waals surface area contributed by atoms with Crippen LogP contribution < -0.4 is 5.73 Å². The van der Waals surface area contributed by atoms with Crippen molar-refractivity contribution in [2.75, 3.05) is 5.75 Å². The molecule has 0 bridgehead atoms. The highest BCUT2D eigenvalue weighted by Crippen LogP contribution is 1.98. The van der Waals surface area contributed by atoms with Crippen LogP contribution in [-0.2, 0) is 0 Å². The lowest BCUT2D eigenvalue weighted by Gasteiger charge is -2.04. The summed E-state index contributed by atoms with van der Waals surface area (Å²) in [6, 6.07) is 0.183. The Morgan fingerprint density at radius 1 is 1.67 bits per heavy atom. The van der Waals surface area contributed by atoms with Crippen molar-refractivity contribution in [3.05, 3.63) is 0 Å². The first-order valence-electron chi connectivity index (χ1n) is 3.11. The lowest BCUT2D eigenvalue weighted by molar-refractivity contribution is 0.621. The molecule has 0 aliphatic carbocycles. The third-order valence-electron chi connectivity index (χ3n) is 1.11. The van der Waals surface area contributed by atoms with Gasteiger partial charge < -0.3 is 5.73 Å². The Hall–Kier alpha value is -0.130. The molecule has 0 saturated carbocycles. The van der Waals surface area contributed by atoms with Crippen molar-refractivity contribution in [2.45, 2.75) is 25.3 Å². The number of rotatable bonds is 4. The summed E-state index contributed by atoms with van der Waals surface area (Å²) in [7, 11) is 0. The maximum Gasteiger partial charge on any atom is 0.0238 e. The van der Waals surface area contributed by atoms with Crippen LogP contribution in [0.1, 0.15) is 19.3 Å². The summed E-state index contributed by atoms with van der Waals surface area (Å²) in [5, 5.41) is 0. The van der Waals surface area contributed by atoms with E-state index in [9.17, 15) is 0 Å². The average molecular weight is 143 g/mol. The standard InChI is InChI=1S/C7H13NS/c1-2-4-7(8)5-3-6-9/h1,7,9H,3-6,8H2/t7-/m0/s1. The van der Waals surface area contributed by atoms with Crippen LogP contribution in [0.5, 0.6) is 0 Å². The monoisotopic (exact) mass is 143 g/mol. The molecular weight excluding hydrogens is 130 g/mol. The Morgan fingerprint density at radius 2 is 2.33 bits per heavy atom. The minimum absolute atomic E-state index is 0.183. The van der Waals surface area contributed by atoms with Gasteiger partial charge in [-0.2, -0.15) is 12.6 Å². The van der Waals surface area contributed by atoms with E-state index in [0.29, 0.717) is 6.42 Å². The van der Waals surface area contributed by atoms with Gasteiger partial charge in [0.25, 0.3) is 0 Å². The van der Waals surface area contributed by atoms with Crippen molar-refractivity contribution in [1.29, 1.82) is 0 Å². The topological polar surface area (TPSA) is 26.0 Å². The molecule has 0 aromatic heterocycles. The molecule has 0 unspecified atom stereocenters. The van der Waals surface area contributed by atoms with Crippen LogP contribution >= 0.6 is 12.6 Å². The Morgan fingerprint density at radius 3 is 2.78 bits per heavy atom. The number of thiol groups is 1. The largest absolute Gasteiger partial charge is 0.327 e. The first-order valence-corrected chi connectivity index (χ1v) is 3.74. The summed E-state index contributed by atoms with van der Waals surface area (Å²) < 4.78 is 0. The molecule has 9 heavy (non-hydrogen) atoms. The molecule has 2 N–H and O–H groups in total. The molecule has 52 valence electrons. The van der Waals surface area contributed by atoms with Gasteiger partial charge in [0.15, 0.2) is 0 Å². The minimum Gasteiger partial charge on any atom is -0.327 e. The number of hydrogen-bond donors (Lipinski definition) is 2. The zero-order valence-electron chi connectivity index (χ0n) is 5.51. The fourth-order valence-electron chi connectivity index (χ4n) is 0.607. The molecule has 0 aromatic carbocycles. The molecule has 0 spiro atoms. The molecule has 0 aromatic rings. The lowest BCUT2D eigenvalue weighted by atomic mass is 10.1. The molecule has 1 atom stereocenters.